The molecule has 0 fully saturated rings. The monoisotopic (exact) mass is 395 g/mol. The number of anilines is 1. The molecule has 0 radical (unpaired) electrons. The van der Waals surface area contributed by atoms with E-state index in [2.05, 4.69) is 10.5 Å². The van der Waals surface area contributed by atoms with Crippen LogP contribution in [-0.4, -0.2) is 31.8 Å². The molecule has 2 aromatic rings. The first-order valence-corrected chi connectivity index (χ1v) is 9.43. The Morgan fingerprint density at radius 1 is 1.23 bits per heavy atom. The number of sulfonamides is 1. The van der Waals surface area contributed by atoms with Gasteiger partial charge in [-0.3, -0.25) is 10.2 Å². The molecule has 26 heavy (non-hydrogen) atoms. The Morgan fingerprint density at radius 2 is 1.96 bits per heavy atom. The molecule has 0 aliphatic rings. The molecule has 0 saturated heterocycles. The van der Waals surface area contributed by atoms with Crippen molar-refractivity contribution in [2.24, 2.45) is 5.10 Å². The van der Waals surface area contributed by atoms with Crippen LogP contribution in [0.15, 0.2) is 52.5 Å². The van der Waals surface area contributed by atoms with Gasteiger partial charge in [0.2, 0.25) is 10.0 Å². The van der Waals surface area contributed by atoms with E-state index >= 15 is 0 Å². The van der Waals surface area contributed by atoms with Crippen LogP contribution >= 0.6 is 11.6 Å². The van der Waals surface area contributed by atoms with Crippen molar-refractivity contribution in [2.45, 2.75) is 18.7 Å². The summed E-state index contributed by atoms with van der Waals surface area (Å²) in [5, 5.41) is 13.5. The Balaban J connectivity index is 2.20. The molecule has 0 spiro atoms. The average Bonchev–Trinajstić information content (AvgIpc) is 2.61. The minimum absolute atomic E-state index is 0.0378. The fourth-order valence-corrected chi connectivity index (χ4v) is 3.20. The maximum absolute atomic E-state index is 12.1. The lowest BCUT2D eigenvalue weighted by molar-refractivity contribution is -0.135. The van der Waals surface area contributed by atoms with Gasteiger partial charge in [0.25, 0.3) is 0 Å². The summed E-state index contributed by atoms with van der Waals surface area (Å²) in [6.07, 6.45) is 0. The van der Waals surface area contributed by atoms with Gasteiger partial charge in [-0.2, -0.15) is 9.82 Å². The number of carboxylic acids is 1. The molecule has 2 rings (SSSR count). The van der Waals surface area contributed by atoms with Crippen molar-refractivity contribution in [2.75, 3.05) is 12.0 Å². The van der Waals surface area contributed by atoms with Gasteiger partial charge in [0.1, 0.15) is 6.54 Å². The molecule has 3 N–H and O–H groups in total. The predicted molar refractivity (Wildman–Crippen MR) is 101 cm³/mol. The Kier molecular flexibility index (Phi) is 6.36. The van der Waals surface area contributed by atoms with Crippen molar-refractivity contribution in [3.63, 3.8) is 0 Å². The van der Waals surface area contributed by atoms with Gasteiger partial charge < -0.3 is 5.11 Å². The van der Waals surface area contributed by atoms with E-state index < -0.39 is 22.5 Å². The summed E-state index contributed by atoms with van der Waals surface area (Å²) < 4.78 is 26.2. The summed E-state index contributed by atoms with van der Waals surface area (Å²) in [6, 6.07) is 11.5. The van der Waals surface area contributed by atoms with Gasteiger partial charge >= 0.3 is 5.97 Å². The number of hydrazone groups is 1. The summed E-state index contributed by atoms with van der Waals surface area (Å²) in [5.74, 6) is -1.26. The molecule has 0 heterocycles. The highest BCUT2D eigenvalue weighted by atomic mass is 35.5. The summed E-state index contributed by atoms with van der Waals surface area (Å²) in [7, 11) is -3.91. The molecule has 138 valence electrons. The number of rotatable bonds is 7. The second-order valence-corrected chi connectivity index (χ2v) is 7.69. The molecule has 7 nitrogen and oxygen atoms in total. The zero-order valence-electron chi connectivity index (χ0n) is 14.2. The molecule has 0 atom stereocenters. The van der Waals surface area contributed by atoms with E-state index in [4.69, 9.17) is 16.7 Å². The van der Waals surface area contributed by atoms with E-state index in [0.717, 1.165) is 5.56 Å². The van der Waals surface area contributed by atoms with Gasteiger partial charge in [-0.15, -0.1) is 0 Å². The van der Waals surface area contributed by atoms with Gasteiger partial charge in [-0.25, -0.2) is 8.42 Å². The lowest BCUT2D eigenvalue weighted by Gasteiger charge is -2.08. The highest BCUT2D eigenvalue weighted by molar-refractivity contribution is 7.89. The largest absolute Gasteiger partial charge is 0.480 e. The van der Waals surface area contributed by atoms with Crippen LogP contribution in [0.25, 0.3) is 0 Å². The average molecular weight is 396 g/mol. The standard InChI is InChI=1S/C17H18ClN3O4S/c1-11-6-7-14(9-16(11)18)21-20-12(2)13-4-3-5-15(8-13)26(24,25)19-10-17(22)23/h3-9,19,21H,10H2,1-2H3,(H,22,23)/b20-12-. The Bertz CT molecular complexity index is 958. The topological polar surface area (TPSA) is 108 Å². The third-order valence-corrected chi connectivity index (χ3v) is 5.31. The predicted octanol–water partition coefficient (Wildman–Crippen LogP) is 2.85. The Labute approximate surface area is 156 Å². The minimum atomic E-state index is -3.91. The number of benzene rings is 2. The number of halogens is 1. The van der Waals surface area contributed by atoms with Crippen molar-refractivity contribution >= 4 is 39.0 Å². The Morgan fingerprint density at radius 3 is 2.62 bits per heavy atom. The van der Waals surface area contributed by atoms with Crippen LogP contribution < -0.4 is 10.1 Å². The number of nitrogens with one attached hydrogen (secondary N) is 2. The number of carbonyl (C=O) groups is 1. The van der Waals surface area contributed by atoms with Crippen molar-refractivity contribution in [1.82, 2.24) is 4.72 Å². The van der Waals surface area contributed by atoms with E-state index in [1.807, 2.05) is 23.8 Å². The first-order valence-electron chi connectivity index (χ1n) is 7.57. The molecule has 0 aliphatic heterocycles. The van der Waals surface area contributed by atoms with E-state index in [1.54, 1.807) is 25.1 Å². The number of aryl methyl sites for hydroxylation is 1. The molecule has 0 saturated carbocycles. The van der Waals surface area contributed by atoms with Crippen molar-refractivity contribution in [1.29, 1.82) is 0 Å². The zero-order valence-corrected chi connectivity index (χ0v) is 15.7. The highest BCUT2D eigenvalue weighted by Gasteiger charge is 2.16. The quantitative estimate of drug-likeness (QED) is 0.493. The number of aliphatic carboxylic acids is 1. The van der Waals surface area contributed by atoms with Crippen molar-refractivity contribution < 1.29 is 18.3 Å². The number of hydrogen-bond acceptors (Lipinski definition) is 5. The fraction of sp³-hybridized carbons (Fsp3) is 0.176. The molecule has 0 aliphatic carbocycles. The van der Waals surface area contributed by atoms with E-state index in [1.165, 1.54) is 12.1 Å². The lowest BCUT2D eigenvalue weighted by Crippen LogP contribution is -2.29. The van der Waals surface area contributed by atoms with Crippen molar-refractivity contribution in [3.05, 3.63) is 58.6 Å². The molecular formula is C17H18ClN3O4S. The number of carboxylic acid groups (broad SMARTS) is 1. The SMILES string of the molecule is C/C(=N/Nc1ccc(C)c(Cl)c1)c1cccc(S(=O)(=O)NCC(=O)O)c1. The molecule has 9 heteroatoms. The maximum Gasteiger partial charge on any atom is 0.318 e. The third kappa shape index (κ3) is 5.29. The van der Waals surface area contributed by atoms with Crippen molar-refractivity contribution in [3.8, 4) is 0 Å². The molecular weight excluding hydrogens is 378 g/mol. The number of nitrogens with zero attached hydrogens (tertiary/aromatic N) is 1. The maximum atomic E-state index is 12.1. The van der Waals surface area contributed by atoms with Crippen LogP contribution in [0.2, 0.25) is 5.02 Å². The second-order valence-electron chi connectivity index (χ2n) is 5.52. The summed E-state index contributed by atoms with van der Waals surface area (Å²) in [4.78, 5) is 10.5. The van der Waals surface area contributed by atoms with E-state index in [9.17, 15) is 13.2 Å². The lowest BCUT2D eigenvalue weighted by atomic mass is 10.1. The summed E-state index contributed by atoms with van der Waals surface area (Å²) in [6.45, 7) is 2.93. The van der Waals surface area contributed by atoms with Gasteiger partial charge in [0.05, 0.1) is 16.3 Å². The van der Waals surface area contributed by atoms with Gasteiger partial charge in [-0.05, 0) is 49.2 Å². The van der Waals surface area contributed by atoms with Crippen LogP contribution in [0.1, 0.15) is 18.1 Å². The summed E-state index contributed by atoms with van der Waals surface area (Å²) >= 11 is 6.07. The molecule has 2 aromatic carbocycles. The normalized spacial score (nSPS) is 12.0. The highest BCUT2D eigenvalue weighted by Crippen LogP contribution is 2.20. The smallest absolute Gasteiger partial charge is 0.318 e. The zero-order chi connectivity index (χ0) is 19.3. The van der Waals surface area contributed by atoms with Gasteiger partial charge in [0, 0.05) is 5.02 Å². The molecule has 0 bridgehead atoms. The second kappa shape index (κ2) is 8.31. The number of hydrogen-bond donors (Lipinski definition) is 3. The van der Waals surface area contributed by atoms with E-state index in [0.29, 0.717) is 22.0 Å². The van der Waals surface area contributed by atoms with Crippen LogP contribution in [0.5, 0.6) is 0 Å². The fourth-order valence-electron chi connectivity index (χ4n) is 2.00. The van der Waals surface area contributed by atoms with Crippen LogP contribution in [-0.2, 0) is 14.8 Å². The van der Waals surface area contributed by atoms with Crippen LogP contribution in [0.3, 0.4) is 0 Å². The van der Waals surface area contributed by atoms with Crippen LogP contribution in [0, 0.1) is 6.92 Å². The van der Waals surface area contributed by atoms with Gasteiger partial charge in [0.15, 0.2) is 0 Å². The third-order valence-electron chi connectivity index (χ3n) is 3.50. The van der Waals surface area contributed by atoms with Crippen LogP contribution in [0.4, 0.5) is 5.69 Å². The molecule has 0 aromatic heterocycles. The van der Waals surface area contributed by atoms with E-state index in [-0.39, 0.29) is 4.90 Å². The Hall–Kier alpha value is -2.42. The molecule has 0 unspecified atom stereocenters. The first-order chi connectivity index (χ1) is 12.2. The summed E-state index contributed by atoms with van der Waals surface area (Å²) in [5.41, 5.74) is 5.65. The minimum Gasteiger partial charge on any atom is -0.480 e. The first kappa shape index (κ1) is 19.9. The molecule has 0 amide bonds. The van der Waals surface area contributed by atoms with Gasteiger partial charge in [-0.1, -0.05) is 29.8 Å².